The van der Waals surface area contributed by atoms with E-state index in [0.29, 0.717) is 6.54 Å². The van der Waals surface area contributed by atoms with Crippen LogP contribution in [0.1, 0.15) is 5.56 Å². The average molecular weight is 302 g/mol. The summed E-state index contributed by atoms with van der Waals surface area (Å²) in [6, 6.07) is 11.0. The maximum atomic E-state index is 11.3. The molecule has 5 nitrogen and oxygen atoms in total. The predicted octanol–water partition coefficient (Wildman–Crippen LogP) is 2.84. The largest absolute Gasteiger partial charge is 0.464 e. The second-order valence-electron chi connectivity index (χ2n) is 4.77. The SMILES string of the molecule is CS(=O)(=O)c1ccc(NCc2coc3ccccc23)cn1. The molecule has 21 heavy (non-hydrogen) atoms. The number of furan rings is 1. The first-order valence-electron chi connectivity index (χ1n) is 6.39. The molecule has 0 aliphatic carbocycles. The average Bonchev–Trinajstić information content (AvgIpc) is 2.88. The van der Waals surface area contributed by atoms with Crippen LogP contribution in [0.4, 0.5) is 5.69 Å². The van der Waals surface area contributed by atoms with Crippen molar-refractivity contribution in [1.82, 2.24) is 4.98 Å². The molecule has 0 fully saturated rings. The third-order valence-corrected chi connectivity index (χ3v) is 4.16. The van der Waals surface area contributed by atoms with E-state index in [1.165, 1.54) is 12.3 Å². The normalized spacial score (nSPS) is 11.7. The summed E-state index contributed by atoms with van der Waals surface area (Å²) in [7, 11) is -3.26. The molecule has 1 N–H and O–H groups in total. The number of anilines is 1. The first-order valence-corrected chi connectivity index (χ1v) is 8.28. The Bertz CT molecular complexity index is 867. The second-order valence-corrected chi connectivity index (χ2v) is 6.73. The molecule has 0 amide bonds. The summed E-state index contributed by atoms with van der Waals surface area (Å²) in [4.78, 5) is 3.94. The van der Waals surface area contributed by atoms with Crippen LogP contribution < -0.4 is 5.32 Å². The minimum Gasteiger partial charge on any atom is -0.464 e. The number of rotatable bonds is 4. The van der Waals surface area contributed by atoms with Crippen LogP contribution in [-0.4, -0.2) is 19.7 Å². The third-order valence-electron chi connectivity index (χ3n) is 3.16. The van der Waals surface area contributed by atoms with Crippen molar-refractivity contribution in [3.8, 4) is 0 Å². The van der Waals surface area contributed by atoms with Crippen LogP contribution >= 0.6 is 0 Å². The lowest BCUT2D eigenvalue weighted by molar-refractivity contribution is 0.598. The Kier molecular flexibility index (Phi) is 3.39. The van der Waals surface area contributed by atoms with Gasteiger partial charge in [0.2, 0.25) is 0 Å². The fourth-order valence-corrected chi connectivity index (χ4v) is 2.63. The van der Waals surface area contributed by atoms with Gasteiger partial charge in [-0.1, -0.05) is 18.2 Å². The Labute approximate surface area is 122 Å². The van der Waals surface area contributed by atoms with Crippen molar-refractivity contribution in [2.75, 3.05) is 11.6 Å². The number of pyridine rings is 1. The molecular weight excluding hydrogens is 288 g/mol. The van der Waals surface area contributed by atoms with Gasteiger partial charge in [0, 0.05) is 23.8 Å². The van der Waals surface area contributed by atoms with E-state index in [0.717, 1.165) is 28.5 Å². The predicted molar refractivity (Wildman–Crippen MR) is 80.9 cm³/mol. The molecule has 3 rings (SSSR count). The molecule has 0 saturated carbocycles. The van der Waals surface area contributed by atoms with E-state index in [9.17, 15) is 8.42 Å². The van der Waals surface area contributed by atoms with E-state index in [1.54, 1.807) is 12.3 Å². The smallest absolute Gasteiger partial charge is 0.192 e. The molecule has 0 unspecified atom stereocenters. The zero-order valence-electron chi connectivity index (χ0n) is 11.4. The Morgan fingerprint density at radius 2 is 2.00 bits per heavy atom. The summed E-state index contributed by atoms with van der Waals surface area (Å²) in [5.41, 5.74) is 2.64. The quantitative estimate of drug-likeness (QED) is 0.802. The number of sulfone groups is 1. The van der Waals surface area contributed by atoms with Crippen LogP contribution in [0.2, 0.25) is 0 Å². The zero-order chi connectivity index (χ0) is 14.9. The van der Waals surface area contributed by atoms with Crippen LogP contribution in [0.15, 0.2) is 58.3 Å². The van der Waals surface area contributed by atoms with Crippen molar-refractivity contribution in [3.05, 3.63) is 54.4 Å². The van der Waals surface area contributed by atoms with Gasteiger partial charge in [-0.25, -0.2) is 13.4 Å². The van der Waals surface area contributed by atoms with Crippen molar-refractivity contribution < 1.29 is 12.8 Å². The highest BCUT2D eigenvalue weighted by atomic mass is 32.2. The van der Waals surface area contributed by atoms with E-state index in [1.807, 2.05) is 24.3 Å². The maximum Gasteiger partial charge on any atom is 0.192 e. The van der Waals surface area contributed by atoms with Gasteiger partial charge >= 0.3 is 0 Å². The van der Waals surface area contributed by atoms with Crippen molar-refractivity contribution in [3.63, 3.8) is 0 Å². The lowest BCUT2D eigenvalue weighted by Crippen LogP contribution is -2.03. The molecule has 2 aromatic heterocycles. The highest BCUT2D eigenvalue weighted by Crippen LogP contribution is 2.21. The molecule has 108 valence electrons. The van der Waals surface area contributed by atoms with E-state index in [2.05, 4.69) is 10.3 Å². The summed E-state index contributed by atoms with van der Waals surface area (Å²) in [6.45, 7) is 0.580. The summed E-state index contributed by atoms with van der Waals surface area (Å²) < 4.78 is 28.1. The monoisotopic (exact) mass is 302 g/mol. The van der Waals surface area contributed by atoms with Gasteiger partial charge in [0.05, 0.1) is 18.1 Å². The number of fused-ring (bicyclic) bond motifs is 1. The van der Waals surface area contributed by atoms with Crippen LogP contribution in [0.5, 0.6) is 0 Å². The first-order chi connectivity index (χ1) is 10.0. The van der Waals surface area contributed by atoms with Gasteiger partial charge in [-0.3, -0.25) is 0 Å². The van der Waals surface area contributed by atoms with E-state index in [-0.39, 0.29) is 5.03 Å². The topological polar surface area (TPSA) is 72.2 Å². The van der Waals surface area contributed by atoms with Crippen LogP contribution in [0.3, 0.4) is 0 Å². The molecule has 0 radical (unpaired) electrons. The van der Waals surface area contributed by atoms with Gasteiger partial charge in [-0.15, -0.1) is 0 Å². The minimum atomic E-state index is -3.26. The molecule has 0 aliphatic heterocycles. The molecule has 0 atom stereocenters. The summed E-state index contributed by atoms with van der Waals surface area (Å²) in [6.07, 6.45) is 4.37. The van der Waals surface area contributed by atoms with E-state index < -0.39 is 9.84 Å². The van der Waals surface area contributed by atoms with Gasteiger partial charge in [-0.2, -0.15) is 0 Å². The molecule has 3 aromatic rings. The third kappa shape index (κ3) is 2.90. The molecule has 0 saturated heterocycles. The van der Waals surface area contributed by atoms with Gasteiger partial charge in [0.25, 0.3) is 0 Å². The first kappa shape index (κ1) is 13.6. The summed E-state index contributed by atoms with van der Waals surface area (Å²) in [5, 5.41) is 4.33. The fraction of sp³-hybridized carbons (Fsp3) is 0.133. The van der Waals surface area contributed by atoms with E-state index >= 15 is 0 Å². The number of hydrogen-bond acceptors (Lipinski definition) is 5. The number of benzene rings is 1. The number of para-hydroxylation sites is 1. The van der Waals surface area contributed by atoms with E-state index in [4.69, 9.17) is 4.42 Å². The summed E-state index contributed by atoms with van der Waals surface area (Å²) in [5.74, 6) is 0. The van der Waals surface area contributed by atoms with Gasteiger partial charge in [0.15, 0.2) is 14.9 Å². The Balaban J connectivity index is 1.76. The molecule has 0 aliphatic rings. The highest BCUT2D eigenvalue weighted by molar-refractivity contribution is 7.90. The second kappa shape index (κ2) is 5.21. The fourth-order valence-electron chi connectivity index (χ4n) is 2.07. The van der Waals surface area contributed by atoms with Crippen LogP contribution in [0.25, 0.3) is 11.0 Å². The Morgan fingerprint density at radius 3 is 2.71 bits per heavy atom. The van der Waals surface area contributed by atoms with Gasteiger partial charge in [0.1, 0.15) is 5.58 Å². The van der Waals surface area contributed by atoms with Crippen molar-refractivity contribution in [1.29, 1.82) is 0 Å². The zero-order valence-corrected chi connectivity index (χ0v) is 12.2. The van der Waals surface area contributed by atoms with Gasteiger partial charge in [-0.05, 0) is 18.2 Å². The minimum absolute atomic E-state index is 0.0711. The Morgan fingerprint density at radius 1 is 1.19 bits per heavy atom. The standard InChI is InChI=1S/C15H14N2O3S/c1-21(18,19)15-7-6-12(9-17-15)16-8-11-10-20-14-5-3-2-4-13(11)14/h2-7,9-10,16H,8H2,1H3. The molecule has 0 bridgehead atoms. The van der Waals surface area contributed by atoms with Crippen molar-refractivity contribution >= 4 is 26.5 Å². The number of aromatic nitrogens is 1. The number of nitrogens with zero attached hydrogens (tertiary/aromatic N) is 1. The lowest BCUT2D eigenvalue weighted by atomic mass is 10.2. The molecule has 1 aromatic carbocycles. The number of nitrogens with one attached hydrogen (secondary N) is 1. The molecule has 0 spiro atoms. The molecule has 2 heterocycles. The molecular formula is C15H14N2O3S. The van der Waals surface area contributed by atoms with Crippen molar-refractivity contribution in [2.45, 2.75) is 11.6 Å². The lowest BCUT2D eigenvalue weighted by Gasteiger charge is -2.05. The highest BCUT2D eigenvalue weighted by Gasteiger charge is 2.08. The van der Waals surface area contributed by atoms with Crippen molar-refractivity contribution in [2.24, 2.45) is 0 Å². The molecule has 6 heteroatoms. The van der Waals surface area contributed by atoms with Gasteiger partial charge < -0.3 is 9.73 Å². The van der Waals surface area contributed by atoms with Crippen LogP contribution in [0, 0.1) is 0 Å². The number of hydrogen-bond donors (Lipinski definition) is 1. The maximum absolute atomic E-state index is 11.3. The Hall–Kier alpha value is -2.34. The summed E-state index contributed by atoms with van der Waals surface area (Å²) >= 11 is 0. The van der Waals surface area contributed by atoms with Crippen LogP contribution in [-0.2, 0) is 16.4 Å².